The van der Waals surface area contributed by atoms with Gasteiger partial charge in [0.05, 0.1) is 12.3 Å². The van der Waals surface area contributed by atoms with Crippen molar-refractivity contribution in [1.29, 1.82) is 0 Å². The summed E-state index contributed by atoms with van der Waals surface area (Å²) in [6.07, 6.45) is 3.34. The van der Waals surface area contributed by atoms with Crippen molar-refractivity contribution in [2.75, 3.05) is 0 Å². The largest absolute Gasteiger partial charge is 0.390 e. The van der Waals surface area contributed by atoms with Crippen molar-refractivity contribution in [2.24, 2.45) is 0 Å². The zero-order chi connectivity index (χ0) is 9.26. The van der Waals surface area contributed by atoms with Crippen LogP contribution in [0.1, 0.15) is 5.69 Å². The van der Waals surface area contributed by atoms with Crippen LogP contribution in [0.5, 0.6) is 0 Å². The number of rotatable bonds is 1. The van der Waals surface area contributed by atoms with Crippen LogP contribution in [-0.2, 0) is 6.61 Å². The van der Waals surface area contributed by atoms with Gasteiger partial charge in [-0.3, -0.25) is 4.98 Å². The molecule has 0 atom stereocenters. The molecule has 13 heavy (non-hydrogen) atoms. The number of aliphatic hydroxyl groups is 1. The molecule has 2 aromatic rings. The first-order valence-corrected chi connectivity index (χ1v) is 4.18. The number of nitrogens with zero attached hydrogens (tertiary/aromatic N) is 2. The van der Waals surface area contributed by atoms with Crippen molar-refractivity contribution < 1.29 is 5.11 Å². The summed E-state index contributed by atoms with van der Waals surface area (Å²) in [5.41, 5.74) is 0.636. The fraction of sp³-hybridized carbons (Fsp3) is 0.111. The fourth-order valence-electron chi connectivity index (χ4n) is 1.14. The first kappa shape index (κ1) is 8.41. The predicted molar refractivity (Wildman–Crippen MR) is 50.5 cm³/mol. The lowest BCUT2D eigenvalue weighted by Crippen LogP contribution is -1.88. The lowest BCUT2D eigenvalue weighted by Gasteiger charge is -1.99. The molecular weight excluding hydrogens is 188 g/mol. The molecule has 4 heteroatoms. The number of aromatic nitrogens is 2. The van der Waals surface area contributed by atoms with Gasteiger partial charge in [0.25, 0.3) is 0 Å². The van der Waals surface area contributed by atoms with Crippen LogP contribution in [0.3, 0.4) is 0 Å². The van der Waals surface area contributed by atoms with Crippen LogP contribution in [0.25, 0.3) is 10.8 Å². The SMILES string of the molecule is OCc1cc2cnc(Cl)cc2cn1. The molecule has 0 saturated carbocycles. The van der Waals surface area contributed by atoms with Crippen LogP contribution in [0.2, 0.25) is 5.15 Å². The van der Waals surface area contributed by atoms with E-state index in [9.17, 15) is 0 Å². The summed E-state index contributed by atoms with van der Waals surface area (Å²) < 4.78 is 0. The highest BCUT2D eigenvalue weighted by molar-refractivity contribution is 6.30. The van der Waals surface area contributed by atoms with Crippen molar-refractivity contribution >= 4 is 22.4 Å². The van der Waals surface area contributed by atoms with E-state index >= 15 is 0 Å². The molecular formula is C9H7ClN2O. The lowest BCUT2D eigenvalue weighted by molar-refractivity contribution is 0.277. The van der Waals surface area contributed by atoms with E-state index in [1.165, 1.54) is 0 Å². The van der Waals surface area contributed by atoms with Crippen molar-refractivity contribution in [2.45, 2.75) is 6.61 Å². The topological polar surface area (TPSA) is 46.0 Å². The smallest absolute Gasteiger partial charge is 0.129 e. The highest BCUT2D eigenvalue weighted by atomic mass is 35.5. The molecule has 0 radical (unpaired) electrons. The minimum absolute atomic E-state index is 0.0570. The summed E-state index contributed by atoms with van der Waals surface area (Å²) in [5, 5.41) is 11.2. The molecule has 1 N–H and O–H groups in total. The molecule has 0 aliphatic heterocycles. The Morgan fingerprint density at radius 3 is 2.62 bits per heavy atom. The van der Waals surface area contributed by atoms with Crippen molar-refractivity contribution in [3.8, 4) is 0 Å². The Morgan fingerprint density at radius 1 is 1.15 bits per heavy atom. The van der Waals surface area contributed by atoms with Gasteiger partial charge < -0.3 is 5.11 Å². The Morgan fingerprint density at radius 2 is 1.85 bits per heavy atom. The van der Waals surface area contributed by atoms with Crippen molar-refractivity contribution in [3.05, 3.63) is 35.4 Å². The second-order valence-electron chi connectivity index (χ2n) is 2.69. The van der Waals surface area contributed by atoms with Gasteiger partial charge in [-0.1, -0.05) is 11.6 Å². The monoisotopic (exact) mass is 194 g/mol. The van der Waals surface area contributed by atoms with Crippen LogP contribution >= 0.6 is 11.6 Å². The summed E-state index contributed by atoms with van der Waals surface area (Å²) in [4.78, 5) is 7.97. The molecule has 66 valence electrons. The third kappa shape index (κ3) is 1.61. The molecule has 2 aromatic heterocycles. The van der Waals surface area contributed by atoms with Crippen LogP contribution < -0.4 is 0 Å². The fourth-order valence-corrected chi connectivity index (χ4v) is 1.31. The molecule has 2 rings (SSSR count). The highest BCUT2D eigenvalue weighted by Crippen LogP contribution is 2.16. The van der Waals surface area contributed by atoms with Crippen LogP contribution in [-0.4, -0.2) is 15.1 Å². The number of hydrogen-bond donors (Lipinski definition) is 1. The van der Waals surface area contributed by atoms with Gasteiger partial charge >= 0.3 is 0 Å². The standard InChI is InChI=1S/C9H7ClN2O/c10-9-2-7-3-11-8(5-13)1-6(7)4-12-9/h1-4,13H,5H2. The van der Waals surface area contributed by atoms with E-state index < -0.39 is 0 Å². The molecule has 2 heterocycles. The third-order valence-electron chi connectivity index (χ3n) is 1.79. The van der Waals surface area contributed by atoms with Crippen molar-refractivity contribution in [3.63, 3.8) is 0 Å². The summed E-state index contributed by atoms with van der Waals surface area (Å²) in [7, 11) is 0. The normalized spacial score (nSPS) is 10.6. The Labute approximate surface area is 80.0 Å². The zero-order valence-corrected chi connectivity index (χ0v) is 7.49. The first-order valence-electron chi connectivity index (χ1n) is 3.80. The zero-order valence-electron chi connectivity index (χ0n) is 6.74. The van der Waals surface area contributed by atoms with Gasteiger partial charge in [-0.05, 0) is 12.1 Å². The summed E-state index contributed by atoms with van der Waals surface area (Å²) in [5.74, 6) is 0. The minimum Gasteiger partial charge on any atom is -0.390 e. The molecule has 0 aromatic carbocycles. The molecule has 0 saturated heterocycles. The maximum Gasteiger partial charge on any atom is 0.129 e. The number of aliphatic hydroxyl groups excluding tert-OH is 1. The average Bonchev–Trinajstić information content (AvgIpc) is 2.17. The Balaban J connectivity index is 2.66. The first-order chi connectivity index (χ1) is 6.29. The van der Waals surface area contributed by atoms with E-state index in [-0.39, 0.29) is 6.61 Å². The summed E-state index contributed by atoms with van der Waals surface area (Å²) >= 11 is 5.70. The lowest BCUT2D eigenvalue weighted by atomic mass is 10.2. The number of fused-ring (bicyclic) bond motifs is 1. The van der Waals surface area contributed by atoms with E-state index in [0.29, 0.717) is 10.8 Å². The second-order valence-corrected chi connectivity index (χ2v) is 3.08. The molecule has 0 fully saturated rings. The Kier molecular flexibility index (Phi) is 2.12. The third-order valence-corrected chi connectivity index (χ3v) is 2.00. The number of hydrogen-bond acceptors (Lipinski definition) is 3. The van der Waals surface area contributed by atoms with E-state index in [1.807, 2.05) is 0 Å². The second kappa shape index (κ2) is 3.28. The number of halogens is 1. The molecule has 0 bridgehead atoms. The molecule has 0 spiro atoms. The van der Waals surface area contributed by atoms with Gasteiger partial charge in [-0.2, -0.15) is 0 Å². The van der Waals surface area contributed by atoms with Gasteiger partial charge in [-0.25, -0.2) is 4.98 Å². The highest BCUT2D eigenvalue weighted by Gasteiger charge is 1.98. The van der Waals surface area contributed by atoms with E-state index in [4.69, 9.17) is 16.7 Å². The molecule has 0 aliphatic carbocycles. The van der Waals surface area contributed by atoms with E-state index in [2.05, 4.69) is 9.97 Å². The van der Waals surface area contributed by atoms with Gasteiger partial charge in [-0.15, -0.1) is 0 Å². The minimum atomic E-state index is -0.0570. The maximum atomic E-state index is 8.84. The molecule has 0 unspecified atom stereocenters. The summed E-state index contributed by atoms with van der Waals surface area (Å²) in [6, 6.07) is 3.53. The van der Waals surface area contributed by atoms with E-state index in [0.717, 1.165) is 10.8 Å². The van der Waals surface area contributed by atoms with Gasteiger partial charge in [0.1, 0.15) is 5.15 Å². The van der Waals surface area contributed by atoms with Crippen LogP contribution in [0, 0.1) is 0 Å². The average molecular weight is 195 g/mol. The van der Waals surface area contributed by atoms with Gasteiger partial charge in [0, 0.05) is 23.2 Å². The van der Waals surface area contributed by atoms with Crippen molar-refractivity contribution in [1.82, 2.24) is 9.97 Å². The molecule has 0 amide bonds. The predicted octanol–water partition coefficient (Wildman–Crippen LogP) is 1.78. The maximum absolute atomic E-state index is 8.84. The quantitative estimate of drug-likeness (QED) is 0.704. The summed E-state index contributed by atoms with van der Waals surface area (Å²) in [6.45, 7) is -0.0570. The molecule has 3 nitrogen and oxygen atoms in total. The number of pyridine rings is 2. The molecule has 0 aliphatic rings. The Bertz CT molecular complexity index is 445. The van der Waals surface area contributed by atoms with Crippen LogP contribution in [0.4, 0.5) is 0 Å². The van der Waals surface area contributed by atoms with E-state index in [1.54, 1.807) is 24.5 Å². The Hall–Kier alpha value is -1.19. The van der Waals surface area contributed by atoms with Crippen LogP contribution in [0.15, 0.2) is 24.5 Å². The van der Waals surface area contributed by atoms with Gasteiger partial charge in [0.15, 0.2) is 0 Å². The van der Waals surface area contributed by atoms with Gasteiger partial charge in [0.2, 0.25) is 0 Å².